The first kappa shape index (κ1) is 15.6. The van der Waals surface area contributed by atoms with Crippen molar-refractivity contribution in [3.05, 3.63) is 0 Å². The SMILES string of the molecule is CCC1(CNC(=O)N2CCCC(C(C)O)C2)CCCC1. The van der Waals surface area contributed by atoms with Gasteiger partial charge >= 0.3 is 6.03 Å². The number of aliphatic hydroxyl groups excluding tert-OH is 1. The van der Waals surface area contributed by atoms with Gasteiger partial charge in [-0.2, -0.15) is 0 Å². The minimum absolute atomic E-state index is 0.0649. The summed E-state index contributed by atoms with van der Waals surface area (Å²) in [6, 6.07) is 0.0649. The highest BCUT2D eigenvalue weighted by molar-refractivity contribution is 5.74. The smallest absolute Gasteiger partial charge is 0.317 e. The van der Waals surface area contributed by atoms with Crippen LogP contribution in [0.2, 0.25) is 0 Å². The standard InChI is InChI=1S/C16H30N2O2/c1-3-16(8-4-5-9-16)12-17-15(20)18-10-6-7-14(11-18)13(2)19/h13-14,19H,3-12H2,1-2H3,(H,17,20). The van der Waals surface area contributed by atoms with Crippen molar-refractivity contribution in [1.82, 2.24) is 10.2 Å². The highest BCUT2D eigenvalue weighted by atomic mass is 16.3. The fourth-order valence-corrected chi connectivity index (χ4v) is 3.74. The number of nitrogens with zero attached hydrogens (tertiary/aromatic N) is 1. The number of piperidine rings is 1. The lowest BCUT2D eigenvalue weighted by Gasteiger charge is -2.35. The molecule has 1 saturated carbocycles. The normalized spacial score (nSPS) is 27.4. The number of hydrogen-bond acceptors (Lipinski definition) is 2. The maximum Gasteiger partial charge on any atom is 0.317 e. The lowest BCUT2D eigenvalue weighted by Crippen LogP contribution is -2.49. The first-order valence-electron chi connectivity index (χ1n) is 8.27. The van der Waals surface area contributed by atoms with Crippen LogP contribution in [0.5, 0.6) is 0 Å². The van der Waals surface area contributed by atoms with Crippen molar-refractivity contribution >= 4 is 6.03 Å². The van der Waals surface area contributed by atoms with E-state index in [9.17, 15) is 9.90 Å². The van der Waals surface area contributed by atoms with Crippen LogP contribution < -0.4 is 5.32 Å². The third-order valence-electron chi connectivity index (χ3n) is 5.46. The van der Waals surface area contributed by atoms with Gasteiger partial charge in [0, 0.05) is 25.6 Å². The molecule has 4 nitrogen and oxygen atoms in total. The third-order valence-corrected chi connectivity index (χ3v) is 5.46. The molecule has 2 N–H and O–H groups in total. The van der Waals surface area contributed by atoms with Crippen LogP contribution in [0, 0.1) is 11.3 Å². The van der Waals surface area contributed by atoms with Crippen molar-refractivity contribution in [2.24, 2.45) is 11.3 Å². The van der Waals surface area contributed by atoms with Gasteiger partial charge in [0.05, 0.1) is 6.10 Å². The van der Waals surface area contributed by atoms with Crippen LogP contribution in [-0.4, -0.2) is 41.8 Å². The molecule has 0 spiro atoms. The number of amides is 2. The Bertz CT molecular complexity index is 324. The molecule has 2 atom stereocenters. The lowest BCUT2D eigenvalue weighted by molar-refractivity contribution is 0.0731. The van der Waals surface area contributed by atoms with E-state index in [-0.39, 0.29) is 18.1 Å². The molecule has 1 aliphatic heterocycles. The molecule has 2 rings (SSSR count). The quantitative estimate of drug-likeness (QED) is 0.833. The lowest BCUT2D eigenvalue weighted by atomic mass is 9.83. The molecule has 1 heterocycles. The molecule has 1 saturated heterocycles. The van der Waals surface area contributed by atoms with Crippen molar-refractivity contribution in [1.29, 1.82) is 0 Å². The second-order valence-electron chi connectivity index (χ2n) is 6.81. The average molecular weight is 282 g/mol. The Morgan fingerprint density at radius 3 is 2.70 bits per heavy atom. The van der Waals surface area contributed by atoms with Crippen LogP contribution in [0.1, 0.15) is 58.8 Å². The van der Waals surface area contributed by atoms with E-state index in [0.717, 1.165) is 32.4 Å². The molecule has 2 unspecified atom stereocenters. The second-order valence-corrected chi connectivity index (χ2v) is 6.81. The van der Waals surface area contributed by atoms with Crippen LogP contribution in [-0.2, 0) is 0 Å². The minimum Gasteiger partial charge on any atom is -0.393 e. The number of urea groups is 1. The highest BCUT2D eigenvalue weighted by Gasteiger charge is 2.33. The predicted molar refractivity (Wildman–Crippen MR) is 80.6 cm³/mol. The van der Waals surface area contributed by atoms with Gasteiger partial charge < -0.3 is 15.3 Å². The third kappa shape index (κ3) is 3.66. The Balaban J connectivity index is 1.82. The number of nitrogens with one attached hydrogen (secondary N) is 1. The van der Waals surface area contributed by atoms with E-state index >= 15 is 0 Å². The molecule has 0 aromatic heterocycles. The van der Waals surface area contributed by atoms with Gasteiger partial charge in [-0.15, -0.1) is 0 Å². The maximum atomic E-state index is 12.3. The number of aliphatic hydroxyl groups is 1. The summed E-state index contributed by atoms with van der Waals surface area (Å²) >= 11 is 0. The van der Waals surface area contributed by atoms with Gasteiger partial charge in [0.15, 0.2) is 0 Å². The van der Waals surface area contributed by atoms with Crippen molar-refractivity contribution in [2.75, 3.05) is 19.6 Å². The highest BCUT2D eigenvalue weighted by Crippen LogP contribution is 2.40. The predicted octanol–water partition coefficient (Wildman–Crippen LogP) is 2.76. The van der Waals surface area contributed by atoms with E-state index in [0.29, 0.717) is 12.0 Å². The van der Waals surface area contributed by atoms with Gasteiger partial charge in [0.2, 0.25) is 0 Å². The first-order valence-corrected chi connectivity index (χ1v) is 8.27. The monoisotopic (exact) mass is 282 g/mol. The van der Waals surface area contributed by atoms with Crippen LogP contribution >= 0.6 is 0 Å². The molecular formula is C16H30N2O2. The zero-order chi connectivity index (χ0) is 14.6. The summed E-state index contributed by atoms with van der Waals surface area (Å²) in [5.74, 6) is 0.237. The van der Waals surface area contributed by atoms with Gasteiger partial charge in [0.1, 0.15) is 0 Å². The van der Waals surface area contributed by atoms with Crippen LogP contribution in [0.15, 0.2) is 0 Å². The number of carbonyl (C=O) groups is 1. The number of likely N-dealkylation sites (tertiary alicyclic amines) is 1. The molecule has 2 amide bonds. The van der Waals surface area contributed by atoms with E-state index < -0.39 is 0 Å². The maximum absolute atomic E-state index is 12.3. The zero-order valence-corrected chi connectivity index (χ0v) is 13.0. The topological polar surface area (TPSA) is 52.6 Å². The number of carbonyl (C=O) groups excluding carboxylic acids is 1. The average Bonchev–Trinajstić information content (AvgIpc) is 2.94. The Hall–Kier alpha value is -0.770. The van der Waals surface area contributed by atoms with Gasteiger partial charge in [-0.25, -0.2) is 4.79 Å². The van der Waals surface area contributed by atoms with Crippen LogP contribution in [0.25, 0.3) is 0 Å². The summed E-state index contributed by atoms with van der Waals surface area (Å²) in [5, 5.41) is 12.9. The second kappa shape index (κ2) is 6.79. The molecule has 20 heavy (non-hydrogen) atoms. The van der Waals surface area contributed by atoms with Crippen molar-refractivity contribution in [2.45, 2.75) is 64.9 Å². The van der Waals surface area contributed by atoms with E-state index in [1.165, 1.54) is 25.7 Å². The summed E-state index contributed by atoms with van der Waals surface area (Å²) in [6.07, 6.45) is 7.98. The van der Waals surface area contributed by atoms with Gasteiger partial charge in [-0.1, -0.05) is 19.8 Å². The molecule has 2 aliphatic rings. The largest absolute Gasteiger partial charge is 0.393 e. The van der Waals surface area contributed by atoms with Crippen LogP contribution in [0.3, 0.4) is 0 Å². The Morgan fingerprint density at radius 1 is 1.40 bits per heavy atom. The summed E-state index contributed by atoms with van der Waals surface area (Å²) in [4.78, 5) is 14.2. The summed E-state index contributed by atoms with van der Waals surface area (Å²) in [5.41, 5.74) is 0.342. The summed E-state index contributed by atoms with van der Waals surface area (Å²) < 4.78 is 0. The summed E-state index contributed by atoms with van der Waals surface area (Å²) in [6.45, 7) is 6.41. The van der Waals surface area contributed by atoms with E-state index in [2.05, 4.69) is 12.2 Å². The molecule has 0 bridgehead atoms. The first-order chi connectivity index (χ1) is 9.56. The fourth-order valence-electron chi connectivity index (χ4n) is 3.74. The van der Waals surface area contributed by atoms with Gasteiger partial charge in [-0.3, -0.25) is 0 Å². The van der Waals surface area contributed by atoms with Gasteiger partial charge in [0.25, 0.3) is 0 Å². The molecule has 1 aliphatic carbocycles. The molecular weight excluding hydrogens is 252 g/mol. The Labute approximate surface area is 122 Å². The summed E-state index contributed by atoms with van der Waals surface area (Å²) in [7, 11) is 0. The van der Waals surface area contributed by atoms with E-state index in [1.54, 1.807) is 0 Å². The molecule has 0 aromatic rings. The van der Waals surface area contributed by atoms with E-state index in [4.69, 9.17) is 0 Å². The van der Waals surface area contributed by atoms with Crippen molar-refractivity contribution in [3.8, 4) is 0 Å². The fraction of sp³-hybridized carbons (Fsp3) is 0.938. The van der Waals surface area contributed by atoms with Crippen LogP contribution in [0.4, 0.5) is 4.79 Å². The van der Waals surface area contributed by atoms with Crippen molar-refractivity contribution in [3.63, 3.8) is 0 Å². The molecule has 4 heteroatoms. The van der Waals surface area contributed by atoms with Crippen molar-refractivity contribution < 1.29 is 9.90 Å². The Morgan fingerprint density at radius 2 is 2.10 bits per heavy atom. The molecule has 2 fully saturated rings. The minimum atomic E-state index is -0.317. The van der Waals surface area contributed by atoms with Gasteiger partial charge in [-0.05, 0) is 44.4 Å². The number of hydrogen-bond donors (Lipinski definition) is 2. The zero-order valence-electron chi connectivity index (χ0n) is 13.0. The number of rotatable bonds is 4. The molecule has 0 aromatic carbocycles. The molecule has 116 valence electrons. The molecule has 0 radical (unpaired) electrons. The Kier molecular flexibility index (Phi) is 5.30. The van der Waals surface area contributed by atoms with E-state index in [1.807, 2.05) is 11.8 Å².